The molecule has 0 spiro atoms. The van der Waals surface area contributed by atoms with Gasteiger partial charge in [0, 0.05) is 4.47 Å². The summed E-state index contributed by atoms with van der Waals surface area (Å²) in [6.07, 6.45) is 0. The van der Waals surface area contributed by atoms with Crippen LogP contribution in [0.25, 0.3) is 21.0 Å². The highest BCUT2D eigenvalue weighted by Gasteiger charge is 2.09. The first-order chi connectivity index (χ1) is 7.72. The summed E-state index contributed by atoms with van der Waals surface area (Å²) >= 11 is 4.97. The van der Waals surface area contributed by atoms with Gasteiger partial charge < -0.3 is 5.73 Å². The highest BCUT2D eigenvalue weighted by atomic mass is 79.9. The molecule has 2 aromatic heterocycles. The van der Waals surface area contributed by atoms with E-state index in [9.17, 15) is 0 Å². The van der Waals surface area contributed by atoms with Gasteiger partial charge in [-0.1, -0.05) is 15.9 Å². The van der Waals surface area contributed by atoms with Gasteiger partial charge in [0.1, 0.15) is 0 Å². The van der Waals surface area contributed by atoms with E-state index in [1.165, 1.54) is 0 Å². The number of hydrogen-bond donors (Lipinski definition) is 2. The van der Waals surface area contributed by atoms with Gasteiger partial charge in [0.05, 0.1) is 10.2 Å². The molecule has 0 radical (unpaired) electrons. The molecule has 3 rings (SSSR count). The monoisotopic (exact) mass is 295 g/mol. The average molecular weight is 296 g/mol. The van der Waals surface area contributed by atoms with E-state index in [1.807, 2.05) is 18.2 Å². The van der Waals surface area contributed by atoms with Gasteiger partial charge in [0.2, 0.25) is 5.95 Å². The lowest BCUT2D eigenvalue weighted by atomic mass is 10.3. The van der Waals surface area contributed by atoms with Crippen molar-refractivity contribution in [1.82, 2.24) is 20.2 Å². The summed E-state index contributed by atoms with van der Waals surface area (Å²) in [6.45, 7) is 0. The number of nitrogens with two attached hydrogens (primary N) is 1. The van der Waals surface area contributed by atoms with Crippen LogP contribution in [0.2, 0.25) is 0 Å². The van der Waals surface area contributed by atoms with E-state index in [2.05, 4.69) is 36.1 Å². The second-order valence-corrected chi connectivity index (χ2v) is 5.12. The van der Waals surface area contributed by atoms with Crippen LogP contribution in [0.3, 0.4) is 0 Å². The highest BCUT2D eigenvalue weighted by molar-refractivity contribution is 9.10. The van der Waals surface area contributed by atoms with Crippen molar-refractivity contribution in [3.8, 4) is 10.8 Å². The van der Waals surface area contributed by atoms with Gasteiger partial charge in [0.15, 0.2) is 10.8 Å². The third-order valence-corrected chi connectivity index (χ3v) is 3.57. The molecular weight excluding hydrogens is 290 g/mol. The SMILES string of the molecule is Nc1n[nH]c(-c2nc3ccc(Br)cc3s2)n1. The quantitative estimate of drug-likeness (QED) is 0.722. The summed E-state index contributed by atoms with van der Waals surface area (Å²) in [5.41, 5.74) is 6.39. The molecule has 0 bridgehead atoms. The molecule has 0 saturated heterocycles. The molecule has 80 valence electrons. The van der Waals surface area contributed by atoms with Crippen LogP contribution in [0, 0.1) is 0 Å². The number of rotatable bonds is 1. The summed E-state index contributed by atoms with van der Waals surface area (Å²) in [5, 5.41) is 7.32. The van der Waals surface area contributed by atoms with Crippen LogP contribution in [-0.4, -0.2) is 20.2 Å². The number of fused-ring (bicyclic) bond motifs is 1. The van der Waals surface area contributed by atoms with Crippen molar-refractivity contribution in [1.29, 1.82) is 0 Å². The smallest absolute Gasteiger partial charge is 0.239 e. The third kappa shape index (κ3) is 1.57. The molecule has 0 atom stereocenters. The Morgan fingerprint density at radius 2 is 2.19 bits per heavy atom. The molecule has 0 aliphatic rings. The van der Waals surface area contributed by atoms with Crippen LogP contribution >= 0.6 is 27.3 Å². The van der Waals surface area contributed by atoms with Crippen LogP contribution in [0.5, 0.6) is 0 Å². The number of nitrogens with zero attached hydrogens (tertiary/aromatic N) is 3. The Labute approximate surface area is 103 Å². The van der Waals surface area contributed by atoms with Crippen molar-refractivity contribution < 1.29 is 0 Å². The predicted molar refractivity (Wildman–Crippen MR) is 67.1 cm³/mol. The Hall–Kier alpha value is -1.47. The Bertz CT molecular complexity index is 659. The van der Waals surface area contributed by atoms with E-state index >= 15 is 0 Å². The van der Waals surface area contributed by atoms with Gasteiger partial charge in [-0.25, -0.2) is 4.98 Å². The summed E-state index contributed by atoms with van der Waals surface area (Å²) in [5.74, 6) is 0.838. The van der Waals surface area contributed by atoms with E-state index in [-0.39, 0.29) is 5.95 Å². The van der Waals surface area contributed by atoms with E-state index < -0.39 is 0 Å². The number of thiazole rings is 1. The van der Waals surface area contributed by atoms with E-state index in [0.29, 0.717) is 5.82 Å². The summed E-state index contributed by atoms with van der Waals surface area (Å²) in [6, 6.07) is 5.94. The molecule has 0 unspecified atom stereocenters. The first-order valence-corrected chi connectivity index (χ1v) is 6.08. The van der Waals surface area contributed by atoms with Gasteiger partial charge in [-0.3, -0.25) is 5.10 Å². The van der Waals surface area contributed by atoms with Gasteiger partial charge >= 0.3 is 0 Å². The molecule has 7 heteroatoms. The topological polar surface area (TPSA) is 80.5 Å². The second kappa shape index (κ2) is 3.53. The van der Waals surface area contributed by atoms with Gasteiger partial charge in [0.25, 0.3) is 0 Å². The number of nitrogen functional groups attached to an aromatic ring is 1. The zero-order valence-corrected chi connectivity index (χ0v) is 10.3. The maximum absolute atomic E-state index is 5.45. The van der Waals surface area contributed by atoms with Crippen molar-refractivity contribution in [2.75, 3.05) is 5.73 Å². The van der Waals surface area contributed by atoms with Crippen molar-refractivity contribution >= 4 is 43.4 Å². The number of anilines is 1. The predicted octanol–water partition coefficient (Wildman–Crippen LogP) is 2.43. The van der Waals surface area contributed by atoms with Crippen molar-refractivity contribution in [2.24, 2.45) is 0 Å². The molecule has 0 aliphatic carbocycles. The molecular formula is C9H6BrN5S. The highest BCUT2D eigenvalue weighted by Crippen LogP contribution is 2.30. The fourth-order valence-electron chi connectivity index (χ4n) is 1.37. The first-order valence-electron chi connectivity index (χ1n) is 4.47. The van der Waals surface area contributed by atoms with Crippen LogP contribution in [0.15, 0.2) is 22.7 Å². The maximum atomic E-state index is 5.45. The van der Waals surface area contributed by atoms with E-state index in [0.717, 1.165) is 19.7 Å². The van der Waals surface area contributed by atoms with Gasteiger partial charge in [-0.05, 0) is 18.2 Å². The molecule has 0 saturated carbocycles. The van der Waals surface area contributed by atoms with Crippen LogP contribution < -0.4 is 5.73 Å². The summed E-state index contributed by atoms with van der Waals surface area (Å²) in [7, 11) is 0. The zero-order chi connectivity index (χ0) is 11.1. The van der Waals surface area contributed by atoms with Gasteiger partial charge in [-0.15, -0.1) is 16.4 Å². The first kappa shape index (κ1) is 9.73. The molecule has 1 aromatic carbocycles. The normalized spacial score (nSPS) is 11.1. The van der Waals surface area contributed by atoms with Crippen LogP contribution in [-0.2, 0) is 0 Å². The number of hydrogen-bond acceptors (Lipinski definition) is 5. The second-order valence-electron chi connectivity index (χ2n) is 3.17. The average Bonchev–Trinajstić information content (AvgIpc) is 2.83. The van der Waals surface area contributed by atoms with E-state index in [4.69, 9.17) is 5.73 Å². The Morgan fingerprint density at radius 3 is 2.94 bits per heavy atom. The number of nitrogens with one attached hydrogen (secondary N) is 1. The Balaban J connectivity index is 2.18. The fraction of sp³-hybridized carbons (Fsp3) is 0. The molecule has 3 aromatic rings. The number of H-pyrrole nitrogens is 1. The maximum Gasteiger partial charge on any atom is 0.239 e. The fourth-order valence-corrected chi connectivity index (χ4v) is 2.83. The molecule has 16 heavy (non-hydrogen) atoms. The van der Waals surface area contributed by atoms with Crippen LogP contribution in [0.4, 0.5) is 5.95 Å². The molecule has 0 aliphatic heterocycles. The van der Waals surface area contributed by atoms with Crippen molar-refractivity contribution in [2.45, 2.75) is 0 Å². The molecule has 2 heterocycles. The lowest BCUT2D eigenvalue weighted by Crippen LogP contribution is -1.85. The Morgan fingerprint density at radius 1 is 1.31 bits per heavy atom. The third-order valence-electron chi connectivity index (χ3n) is 2.06. The molecule has 0 fully saturated rings. The largest absolute Gasteiger partial charge is 0.366 e. The summed E-state index contributed by atoms with van der Waals surface area (Å²) < 4.78 is 2.13. The zero-order valence-electron chi connectivity index (χ0n) is 7.94. The molecule has 0 amide bonds. The minimum atomic E-state index is 0.232. The summed E-state index contributed by atoms with van der Waals surface area (Å²) in [4.78, 5) is 8.49. The number of benzene rings is 1. The van der Waals surface area contributed by atoms with Crippen molar-refractivity contribution in [3.63, 3.8) is 0 Å². The van der Waals surface area contributed by atoms with Crippen LogP contribution in [0.1, 0.15) is 0 Å². The lowest BCUT2D eigenvalue weighted by molar-refractivity contribution is 1.10. The standard InChI is InChI=1S/C9H6BrN5S/c10-4-1-2-5-6(3-4)16-8(12-5)7-13-9(11)15-14-7/h1-3H,(H3,11,13,14,15). The lowest BCUT2D eigenvalue weighted by Gasteiger charge is -1.86. The number of aromatic amines is 1. The number of halogens is 1. The molecule has 5 nitrogen and oxygen atoms in total. The minimum Gasteiger partial charge on any atom is -0.366 e. The van der Waals surface area contributed by atoms with E-state index in [1.54, 1.807) is 11.3 Å². The Kier molecular flexibility index (Phi) is 2.15. The van der Waals surface area contributed by atoms with Gasteiger partial charge in [-0.2, -0.15) is 4.98 Å². The van der Waals surface area contributed by atoms with Crippen molar-refractivity contribution in [3.05, 3.63) is 22.7 Å². The number of aromatic nitrogens is 4. The molecule has 3 N–H and O–H groups in total. The minimum absolute atomic E-state index is 0.232.